The minimum absolute atomic E-state index is 0.0678. The van der Waals surface area contributed by atoms with Gasteiger partial charge in [-0.15, -0.1) is 0 Å². The van der Waals surface area contributed by atoms with E-state index in [1.54, 1.807) is 6.20 Å². The molecule has 1 aromatic carbocycles. The van der Waals surface area contributed by atoms with Crippen molar-refractivity contribution in [3.63, 3.8) is 0 Å². The van der Waals surface area contributed by atoms with E-state index in [9.17, 15) is 14.9 Å². The molecule has 0 amide bonds. The maximum Gasteiger partial charge on any atom is 0.515 e. The lowest BCUT2D eigenvalue weighted by atomic mass is 9.97. The lowest BCUT2D eigenvalue weighted by Crippen LogP contribution is -2.34. The summed E-state index contributed by atoms with van der Waals surface area (Å²) >= 11 is 0. The first-order valence-corrected chi connectivity index (χ1v) is 10.6. The molecule has 1 fully saturated rings. The van der Waals surface area contributed by atoms with Gasteiger partial charge in [0.15, 0.2) is 4.93 Å². The van der Waals surface area contributed by atoms with E-state index in [1.807, 2.05) is 18.2 Å². The van der Waals surface area contributed by atoms with Gasteiger partial charge >= 0.3 is 6.16 Å². The molecule has 1 heterocycles. The number of ether oxygens (including phenoxy) is 2. The topological polar surface area (TPSA) is 91.6 Å². The summed E-state index contributed by atoms with van der Waals surface area (Å²) < 4.78 is 10.9. The number of carbonyl (C=O) groups is 1. The Bertz CT molecular complexity index is 780. The van der Waals surface area contributed by atoms with Crippen molar-refractivity contribution in [2.24, 2.45) is 0 Å². The SMILES string of the molecule is O=C(Oc1ccc([N+](=O)[O-])cc1)OC1(SSc2ccccn2)CCCCC1. The van der Waals surface area contributed by atoms with Crippen LogP contribution in [0.4, 0.5) is 10.5 Å². The second-order valence-electron chi connectivity index (χ2n) is 6.01. The maximum absolute atomic E-state index is 12.3. The van der Waals surface area contributed by atoms with Crippen molar-refractivity contribution >= 4 is 33.4 Å². The first-order chi connectivity index (χ1) is 13.1. The van der Waals surface area contributed by atoms with Crippen LogP contribution in [0.1, 0.15) is 32.1 Å². The number of hydrogen-bond acceptors (Lipinski definition) is 8. The molecule has 1 aliphatic rings. The summed E-state index contributed by atoms with van der Waals surface area (Å²) in [5, 5.41) is 11.5. The molecule has 0 aliphatic heterocycles. The minimum Gasteiger partial charge on any atom is -0.415 e. The molecule has 0 N–H and O–H groups in total. The van der Waals surface area contributed by atoms with Crippen molar-refractivity contribution in [1.82, 2.24) is 4.98 Å². The van der Waals surface area contributed by atoms with Crippen molar-refractivity contribution in [2.75, 3.05) is 0 Å². The number of hydrogen-bond donors (Lipinski definition) is 0. The number of rotatable bonds is 6. The second kappa shape index (κ2) is 9.09. The molecule has 0 radical (unpaired) electrons. The zero-order chi connectivity index (χ0) is 19.1. The van der Waals surface area contributed by atoms with Crippen LogP contribution in [-0.4, -0.2) is 21.0 Å². The Morgan fingerprint density at radius 3 is 2.48 bits per heavy atom. The summed E-state index contributed by atoms with van der Waals surface area (Å²) in [6.07, 6.45) is 5.46. The Hall–Kier alpha value is -2.26. The van der Waals surface area contributed by atoms with Gasteiger partial charge in [0.05, 0.1) is 4.92 Å². The number of non-ortho nitro benzene ring substituents is 1. The lowest BCUT2D eigenvalue weighted by molar-refractivity contribution is -0.384. The normalized spacial score (nSPS) is 15.7. The quantitative estimate of drug-likeness (QED) is 0.153. The summed E-state index contributed by atoms with van der Waals surface area (Å²) in [5.74, 6) is 0.207. The van der Waals surface area contributed by atoms with Crippen LogP contribution in [0.2, 0.25) is 0 Å². The lowest BCUT2D eigenvalue weighted by Gasteiger charge is -2.34. The fraction of sp³-hybridized carbons (Fsp3) is 0.333. The number of nitro benzene ring substituents is 1. The maximum atomic E-state index is 12.3. The first kappa shape index (κ1) is 19.5. The third kappa shape index (κ3) is 5.61. The molecule has 0 atom stereocenters. The zero-order valence-corrected chi connectivity index (χ0v) is 16.0. The van der Waals surface area contributed by atoms with E-state index in [0.29, 0.717) is 0 Å². The van der Waals surface area contributed by atoms with E-state index in [-0.39, 0.29) is 11.4 Å². The van der Waals surface area contributed by atoms with Crippen molar-refractivity contribution in [2.45, 2.75) is 42.1 Å². The molecule has 1 aliphatic carbocycles. The summed E-state index contributed by atoms with van der Waals surface area (Å²) in [6, 6.07) is 11.0. The molecule has 1 saturated carbocycles. The molecule has 0 unspecified atom stereocenters. The Morgan fingerprint density at radius 1 is 1.11 bits per heavy atom. The monoisotopic (exact) mass is 406 g/mol. The van der Waals surface area contributed by atoms with Crippen LogP contribution in [0, 0.1) is 10.1 Å². The highest BCUT2D eigenvalue weighted by molar-refractivity contribution is 8.77. The van der Waals surface area contributed by atoms with Gasteiger partial charge in [0.25, 0.3) is 5.69 Å². The molecule has 0 bridgehead atoms. The smallest absolute Gasteiger partial charge is 0.415 e. The molecule has 1 aromatic heterocycles. The minimum atomic E-state index is -0.806. The molecule has 142 valence electrons. The molecular weight excluding hydrogens is 388 g/mol. The van der Waals surface area contributed by atoms with Gasteiger partial charge in [-0.25, -0.2) is 9.78 Å². The van der Waals surface area contributed by atoms with Gasteiger partial charge in [-0.1, -0.05) is 12.5 Å². The summed E-state index contributed by atoms with van der Waals surface area (Å²) in [6.45, 7) is 0. The highest BCUT2D eigenvalue weighted by Crippen LogP contribution is 2.49. The standard InChI is InChI=1S/C18H18N2O5S2/c21-17(24-15-9-7-14(8-10-15)20(22)23)25-18(11-3-1-4-12-18)27-26-16-6-2-5-13-19-16/h2,5-10,13H,1,3-4,11-12H2. The molecule has 9 heteroatoms. The Morgan fingerprint density at radius 2 is 1.85 bits per heavy atom. The predicted octanol–water partition coefficient (Wildman–Crippen LogP) is 5.61. The van der Waals surface area contributed by atoms with Crippen LogP contribution in [-0.2, 0) is 4.74 Å². The van der Waals surface area contributed by atoms with Gasteiger partial charge in [0, 0.05) is 18.3 Å². The molecule has 3 rings (SSSR count). The van der Waals surface area contributed by atoms with E-state index in [1.165, 1.54) is 45.9 Å². The summed E-state index contributed by atoms with van der Waals surface area (Å²) in [7, 11) is 2.96. The van der Waals surface area contributed by atoms with Gasteiger partial charge in [0.1, 0.15) is 10.8 Å². The van der Waals surface area contributed by atoms with Gasteiger partial charge in [-0.3, -0.25) is 10.1 Å². The fourth-order valence-corrected chi connectivity index (χ4v) is 5.35. The van der Waals surface area contributed by atoms with E-state index < -0.39 is 16.0 Å². The summed E-state index contributed by atoms with van der Waals surface area (Å²) in [4.78, 5) is 26.1. The number of nitro groups is 1. The summed E-state index contributed by atoms with van der Waals surface area (Å²) in [5.41, 5.74) is -0.0678. The average molecular weight is 406 g/mol. The predicted molar refractivity (Wildman–Crippen MR) is 104 cm³/mol. The largest absolute Gasteiger partial charge is 0.515 e. The number of nitrogens with zero attached hydrogens (tertiary/aromatic N) is 2. The van der Waals surface area contributed by atoms with Gasteiger partial charge in [-0.2, -0.15) is 0 Å². The van der Waals surface area contributed by atoms with E-state index in [0.717, 1.165) is 37.1 Å². The zero-order valence-electron chi connectivity index (χ0n) is 14.4. The van der Waals surface area contributed by atoms with Gasteiger partial charge in [-0.05, 0) is 71.5 Å². The molecule has 0 spiro atoms. The molecule has 2 aromatic rings. The molecule has 0 saturated heterocycles. The van der Waals surface area contributed by atoms with Crippen LogP contribution in [0.25, 0.3) is 0 Å². The Kier molecular flexibility index (Phi) is 6.57. The highest BCUT2D eigenvalue weighted by Gasteiger charge is 2.38. The van der Waals surface area contributed by atoms with Crippen molar-refractivity contribution < 1.29 is 19.2 Å². The molecular formula is C18H18N2O5S2. The first-order valence-electron chi connectivity index (χ1n) is 8.48. The number of aromatic nitrogens is 1. The third-order valence-electron chi connectivity index (χ3n) is 4.05. The fourth-order valence-electron chi connectivity index (χ4n) is 2.71. The average Bonchev–Trinajstić information content (AvgIpc) is 2.68. The molecule has 7 nitrogen and oxygen atoms in total. The second-order valence-corrected chi connectivity index (χ2v) is 8.51. The van der Waals surface area contributed by atoms with E-state index in [4.69, 9.17) is 9.47 Å². The van der Waals surface area contributed by atoms with Crippen molar-refractivity contribution in [1.29, 1.82) is 0 Å². The Balaban J connectivity index is 1.62. The Labute approximate surface area is 164 Å². The van der Waals surface area contributed by atoms with Crippen LogP contribution in [0.15, 0.2) is 53.7 Å². The number of benzene rings is 1. The van der Waals surface area contributed by atoms with E-state index >= 15 is 0 Å². The van der Waals surface area contributed by atoms with Crippen molar-refractivity contribution in [3.8, 4) is 5.75 Å². The van der Waals surface area contributed by atoms with Crippen molar-refractivity contribution in [3.05, 3.63) is 58.8 Å². The van der Waals surface area contributed by atoms with E-state index in [2.05, 4.69) is 4.98 Å². The van der Waals surface area contributed by atoms with Gasteiger partial charge in [0.2, 0.25) is 0 Å². The highest BCUT2D eigenvalue weighted by atomic mass is 33.1. The van der Waals surface area contributed by atoms with Crippen LogP contribution >= 0.6 is 21.6 Å². The van der Waals surface area contributed by atoms with Crippen LogP contribution < -0.4 is 4.74 Å². The van der Waals surface area contributed by atoms with Crippen LogP contribution in [0.3, 0.4) is 0 Å². The van der Waals surface area contributed by atoms with Gasteiger partial charge < -0.3 is 9.47 Å². The van der Waals surface area contributed by atoms with Crippen LogP contribution in [0.5, 0.6) is 5.75 Å². The number of pyridine rings is 1. The third-order valence-corrected chi connectivity index (χ3v) is 7.01. The molecule has 27 heavy (non-hydrogen) atoms. The number of carbonyl (C=O) groups excluding carboxylic acids is 1.